The molecule has 0 saturated carbocycles. The second-order valence-electron chi connectivity index (χ2n) is 12.0. The van der Waals surface area contributed by atoms with Gasteiger partial charge in [-0.2, -0.15) is 8.78 Å². The molecule has 0 saturated heterocycles. The predicted molar refractivity (Wildman–Crippen MR) is 192 cm³/mol. The monoisotopic (exact) mass is 700 g/mol. The highest BCUT2D eigenvalue weighted by molar-refractivity contribution is 7.86. The van der Waals surface area contributed by atoms with Crippen LogP contribution in [0.2, 0.25) is 0 Å². The van der Waals surface area contributed by atoms with Crippen molar-refractivity contribution in [2.45, 2.75) is 50.0 Å². The van der Waals surface area contributed by atoms with Crippen LogP contribution < -0.4 is 19.8 Å². The number of hydrogen-bond acceptors (Lipinski definition) is 4. The molecule has 0 aliphatic heterocycles. The van der Waals surface area contributed by atoms with Gasteiger partial charge < -0.3 is 15.7 Å². The molecule has 3 amide bonds. The van der Waals surface area contributed by atoms with Crippen LogP contribution in [0.25, 0.3) is 5.57 Å². The van der Waals surface area contributed by atoms with Crippen molar-refractivity contribution in [3.05, 3.63) is 125 Å². The van der Waals surface area contributed by atoms with E-state index in [0.29, 0.717) is 21.8 Å². The third kappa shape index (κ3) is 8.80. The third-order valence-electron chi connectivity index (χ3n) is 8.42. The van der Waals surface area contributed by atoms with Crippen molar-refractivity contribution in [1.29, 1.82) is 0 Å². The lowest BCUT2D eigenvalue weighted by molar-refractivity contribution is -0.163. The van der Waals surface area contributed by atoms with Gasteiger partial charge in [0.2, 0.25) is 0 Å². The summed E-state index contributed by atoms with van der Waals surface area (Å²) in [6.45, 7) is 0.601. The SMILES string of the molecule is Cc1ccc(NC(=O)N(Cc2ccc(C(=O)NCC(F)(F)C(=O)O)cc2)c2ccc(C3=CCCCC3)cc2)cc1S(=O)N(C)c1ccccc1. The van der Waals surface area contributed by atoms with Crippen LogP contribution in [0.1, 0.15) is 52.7 Å². The summed E-state index contributed by atoms with van der Waals surface area (Å²) in [5.41, 5.74) is 5.69. The number of alkyl halides is 2. The molecular weight excluding hydrogens is 663 g/mol. The number of anilines is 3. The van der Waals surface area contributed by atoms with Crippen molar-refractivity contribution in [2.75, 3.05) is 28.1 Å². The van der Waals surface area contributed by atoms with Gasteiger partial charge in [-0.3, -0.25) is 14.0 Å². The molecule has 1 aliphatic rings. The van der Waals surface area contributed by atoms with E-state index >= 15 is 0 Å². The molecule has 0 radical (unpaired) electrons. The van der Waals surface area contributed by atoms with Crippen LogP contribution in [0.5, 0.6) is 0 Å². The van der Waals surface area contributed by atoms with E-state index in [0.717, 1.165) is 36.1 Å². The minimum Gasteiger partial charge on any atom is -0.477 e. The average molecular weight is 701 g/mol. The number of halogens is 2. The van der Waals surface area contributed by atoms with Gasteiger partial charge in [-0.1, -0.05) is 54.6 Å². The van der Waals surface area contributed by atoms with E-state index in [9.17, 15) is 27.4 Å². The molecule has 1 unspecified atom stereocenters. The van der Waals surface area contributed by atoms with Crippen LogP contribution in [0.3, 0.4) is 0 Å². The minimum absolute atomic E-state index is 0.0525. The number of aliphatic carboxylic acids is 1. The summed E-state index contributed by atoms with van der Waals surface area (Å²) >= 11 is 0. The van der Waals surface area contributed by atoms with E-state index < -0.39 is 41.4 Å². The van der Waals surface area contributed by atoms with Crippen LogP contribution in [-0.2, 0) is 22.3 Å². The standard InChI is InChI=1S/C38H38F2N4O5S/c1-26-13-20-31(23-34(26)50(49)43(2)32-11-7-4-8-12-32)42-37(48)44(33-21-18-29(19-22-33)28-9-5-3-6-10-28)24-27-14-16-30(17-15-27)35(45)41-25-38(39,40)36(46)47/h4,7-9,11-23H,3,5-6,10,24-25H2,1-2H3,(H,41,45)(H,42,48)(H,46,47). The summed E-state index contributed by atoms with van der Waals surface area (Å²) in [4.78, 5) is 39.2. The number of aryl methyl sites for hydroxylation is 1. The number of rotatable bonds is 12. The zero-order valence-corrected chi connectivity index (χ0v) is 28.5. The molecule has 4 aromatic rings. The number of para-hydroxylation sites is 1. The molecule has 0 spiro atoms. The maximum absolute atomic E-state index is 14.0. The first-order valence-electron chi connectivity index (χ1n) is 16.1. The van der Waals surface area contributed by atoms with Gasteiger partial charge in [-0.15, -0.1) is 0 Å². The van der Waals surface area contributed by atoms with Crippen molar-refractivity contribution in [3.8, 4) is 0 Å². The molecular formula is C38H38F2N4O5S. The molecule has 12 heteroatoms. The smallest absolute Gasteiger partial charge is 0.376 e. The van der Waals surface area contributed by atoms with Gasteiger partial charge in [0.05, 0.1) is 18.0 Å². The number of benzene rings is 4. The quantitative estimate of drug-likeness (QED) is 0.139. The zero-order chi connectivity index (χ0) is 35.8. The second kappa shape index (κ2) is 15.9. The van der Waals surface area contributed by atoms with Crippen molar-refractivity contribution in [2.24, 2.45) is 0 Å². The Kier molecular flexibility index (Phi) is 11.4. The molecule has 9 nitrogen and oxygen atoms in total. The zero-order valence-electron chi connectivity index (χ0n) is 27.7. The number of hydrogen-bond donors (Lipinski definition) is 3. The fourth-order valence-electron chi connectivity index (χ4n) is 5.49. The molecule has 3 N–H and O–H groups in total. The number of carbonyl (C=O) groups excluding carboxylic acids is 2. The van der Waals surface area contributed by atoms with E-state index in [1.807, 2.05) is 66.8 Å². The van der Waals surface area contributed by atoms with Gasteiger partial charge in [0.15, 0.2) is 11.0 Å². The van der Waals surface area contributed by atoms with E-state index in [1.54, 1.807) is 41.7 Å². The van der Waals surface area contributed by atoms with E-state index in [2.05, 4.69) is 11.4 Å². The Hall–Kier alpha value is -5.36. The highest BCUT2D eigenvalue weighted by Gasteiger charge is 2.39. The van der Waals surface area contributed by atoms with Gasteiger partial charge in [-0.05, 0) is 103 Å². The number of nitrogens with one attached hydrogen (secondary N) is 2. The van der Waals surface area contributed by atoms with Crippen molar-refractivity contribution in [3.63, 3.8) is 0 Å². The summed E-state index contributed by atoms with van der Waals surface area (Å²) in [6.07, 6.45) is 6.57. The number of carboxylic acid groups (broad SMARTS) is 1. The molecule has 0 aromatic heterocycles. The first-order chi connectivity index (χ1) is 23.9. The van der Waals surface area contributed by atoms with Gasteiger partial charge in [0.1, 0.15) is 0 Å². The lowest BCUT2D eigenvalue weighted by Crippen LogP contribution is -2.42. The summed E-state index contributed by atoms with van der Waals surface area (Å²) in [5.74, 6) is -7.28. The van der Waals surface area contributed by atoms with Gasteiger partial charge in [0.25, 0.3) is 5.91 Å². The van der Waals surface area contributed by atoms with Gasteiger partial charge in [0, 0.05) is 29.7 Å². The van der Waals surface area contributed by atoms with Crippen LogP contribution in [0.4, 0.5) is 30.6 Å². The van der Waals surface area contributed by atoms with Gasteiger partial charge >= 0.3 is 17.9 Å². The van der Waals surface area contributed by atoms with Crippen LogP contribution in [-0.4, -0.2) is 46.7 Å². The Labute approximate surface area is 292 Å². The molecule has 5 rings (SSSR count). The first-order valence-corrected chi connectivity index (χ1v) is 17.2. The number of allylic oxidation sites excluding steroid dienone is 2. The van der Waals surface area contributed by atoms with Crippen LogP contribution in [0.15, 0.2) is 108 Å². The molecule has 0 fully saturated rings. The van der Waals surface area contributed by atoms with Crippen molar-refractivity contribution in [1.82, 2.24) is 5.32 Å². The normalized spacial score (nSPS) is 13.5. The Balaban J connectivity index is 1.37. The van der Waals surface area contributed by atoms with E-state index in [-0.39, 0.29) is 12.1 Å². The maximum atomic E-state index is 14.0. The number of carboxylic acids is 1. The summed E-state index contributed by atoms with van der Waals surface area (Å²) in [6, 6.07) is 27.9. The largest absolute Gasteiger partial charge is 0.477 e. The Morgan fingerprint density at radius 1 is 0.900 bits per heavy atom. The molecule has 1 atom stereocenters. The first kappa shape index (κ1) is 35.9. The van der Waals surface area contributed by atoms with Crippen LogP contribution >= 0.6 is 0 Å². The second-order valence-corrected chi connectivity index (χ2v) is 13.5. The molecule has 50 heavy (non-hydrogen) atoms. The lowest BCUT2D eigenvalue weighted by atomic mass is 9.93. The van der Waals surface area contributed by atoms with Gasteiger partial charge in [-0.25, -0.2) is 13.8 Å². The number of amides is 3. The number of urea groups is 1. The lowest BCUT2D eigenvalue weighted by Gasteiger charge is -2.25. The van der Waals surface area contributed by atoms with Crippen molar-refractivity contribution < 1.29 is 32.5 Å². The molecule has 0 bridgehead atoms. The van der Waals surface area contributed by atoms with Crippen molar-refractivity contribution >= 4 is 51.5 Å². The Bertz CT molecular complexity index is 1900. The highest BCUT2D eigenvalue weighted by Crippen LogP contribution is 2.30. The molecule has 4 aromatic carbocycles. The highest BCUT2D eigenvalue weighted by atomic mass is 32.2. The fourth-order valence-corrected chi connectivity index (χ4v) is 6.67. The molecule has 0 heterocycles. The summed E-state index contributed by atoms with van der Waals surface area (Å²) < 4.78 is 42.2. The summed E-state index contributed by atoms with van der Waals surface area (Å²) in [5, 5.41) is 13.5. The summed E-state index contributed by atoms with van der Waals surface area (Å²) in [7, 11) is 0.186. The number of nitrogens with zero attached hydrogens (tertiary/aromatic N) is 2. The Morgan fingerprint density at radius 3 is 2.24 bits per heavy atom. The molecule has 260 valence electrons. The minimum atomic E-state index is -4.10. The molecule has 1 aliphatic carbocycles. The predicted octanol–water partition coefficient (Wildman–Crippen LogP) is 7.80. The fraction of sp³-hybridized carbons (Fsp3) is 0.237. The number of carbonyl (C=O) groups is 3. The third-order valence-corrected chi connectivity index (χ3v) is 9.95. The maximum Gasteiger partial charge on any atom is 0.376 e. The van der Waals surface area contributed by atoms with Crippen LogP contribution in [0, 0.1) is 6.92 Å². The topological polar surface area (TPSA) is 119 Å². The van der Waals surface area contributed by atoms with E-state index in [4.69, 9.17) is 5.11 Å². The van der Waals surface area contributed by atoms with E-state index in [1.165, 1.54) is 29.0 Å². The average Bonchev–Trinajstić information content (AvgIpc) is 3.14. The Morgan fingerprint density at radius 2 is 1.60 bits per heavy atom.